The van der Waals surface area contributed by atoms with Crippen LogP contribution in [0.5, 0.6) is 0 Å². The van der Waals surface area contributed by atoms with Gasteiger partial charge in [-0.25, -0.2) is 0 Å². The van der Waals surface area contributed by atoms with Gasteiger partial charge in [-0.3, -0.25) is 4.79 Å². The Balaban J connectivity index is 3.46. The molecule has 0 radical (unpaired) electrons. The molecule has 53 heavy (non-hydrogen) atoms. The van der Waals surface area contributed by atoms with Crippen LogP contribution in [0.15, 0.2) is 24.3 Å². The van der Waals surface area contributed by atoms with Gasteiger partial charge < -0.3 is 15.5 Å². The lowest BCUT2D eigenvalue weighted by molar-refractivity contribution is -0.123. The number of hydrogen-bond donors (Lipinski definition) is 3. The van der Waals surface area contributed by atoms with Crippen molar-refractivity contribution < 1.29 is 15.0 Å². The van der Waals surface area contributed by atoms with E-state index in [2.05, 4.69) is 43.5 Å². The van der Waals surface area contributed by atoms with Gasteiger partial charge in [-0.05, 0) is 38.5 Å². The van der Waals surface area contributed by atoms with Crippen molar-refractivity contribution in [2.75, 3.05) is 6.61 Å². The van der Waals surface area contributed by atoms with E-state index >= 15 is 0 Å². The van der Waals surface area contributed by atoms with Gasteiger partial charge >= 0.3 is 0 Å². The summed E-state index contributed by atoms with van der Waals surface area (Å²) in [6, 6.07) is -0.534. The first-order chi connectivity index (χ1) is 26.2. The molecule has 0 aliphatic carbocycles. The molecule has 2 atom stereocenters. The molecule has 4 nitrogen and oxygen atoms in total. The molecule has 0 heterocycles. The third-order valence-electron chi connectivity index (χ3n) is 11.2. The van der Waals surface area contributed by atoms with Crippen molar-refractivity contribution in [3.8, 4) is 0 Å². The first kappa shape index (κ1) is 51.9. The minimum Gasteiger partial charge on any atom is -0.394 e. The molecule has 0 fully saturated rings. The number of carbonyl (C=O) groups excluding carboxylic acids is 1. The molecule has 0 aromatic heterocycles. The van der Waals surface area contributed by atoms with Crippen LogP contribution in [-0.4, -0.2) is 34.9 Å². The number of aliphatic hydroxyl groups excluding tert-OH is 2. The van der Waals surface area contributed by atoms with Crippen molar-refractivity contribution >= 4 is 5.91 Å². The minimum atomic E-state index is -0.657. The predicted molar refractivity (Wildman–Crippen MR) is 235 cm³/mol. The molecule has 0 aromatic carbocycles. The molecule has 0 spiro atoms. The Morgan fingerprint density at radius 1 is 0.472 bits per heavy atom. The SMILES string of the molecule is CC/C=C\C/C=C\CCCCCCCCCCCCCCCCC(=O)NC(CO)C(O)CCCCCCCCCCCCCCCCCCCCCC. The monoisotopic (exact) mass is 746 g/mol. The molecule has 0 rings (SSSR count). The van der Waals surface area contributed by atoms with E-state index < -0.39 is 12.1 Å². The third-order valence-corrected chi connectivity index (χ3v) is 11.2. The fraction of sp³-hybridized carbons (Fsp3) is 0.898. The van der Waals surface area contributed by atoms with Crippen LogP contribution in [0.25, 0.3) is 0 Å². The number of carbonyl (C=O) groups is 1. The Morgan fingerprint density at radius 3 is 1.23 bits per heavy atom. The van der Waals surface area contributed by atoms with Gasteiger partial charge in [0.05, 0.1) is 18.8 Å². The van der Waals surface area contributed by atoms with Crippen molar-refractivity contribution in [1.29, 1.82) is 0 Å². The molecule has 3 N–H and O–H groups in total. The van der Waals surface area contributed by atoms with Crippen LogP contribution in [0.4, 0.5) is 0 Å². The minimum absolute atomic E-state index is 0.0288. The molecule has 0 aromatic rings. The molecule has 4 heteroatoms. The number of amides is 1. The molecular formula is C49H95NO3. The summed E-state index contributed by atoms with van der Waals surface area (Å²) in [6.45, 7) is 4.28. The smallest absolute Gasteiger partial charge is 0.220 e. The molecular weight excluding hydrogens is 651 g/mol. The Morgan fingerprint density at radius 2 is 0.830 bits per heavy atom. The van der Waals surface area contributed by atoms with E-state index in [1.54, 1.807) is 0 Å². The molecule has 0 saturated heterocycles. The quantitative estimate of drug-likeness (QED) is 0.0430. The lowest BCUT2D eigenvalue weighted by atomic mass is 10.0. The van der Waals surface area contributed by atoms with E-state index in [0.717, 1.165) is 38.5 Å². The number of unbranched alkanes of at least 4 members (excludes halogenated alkanes) is 33. The van der Waals surface area contributed by atoms with Crippen LogP contribution < -0.4 is 5.32 Å². The highest BCUT2D eigenvalue weighted by Crippen LogP contribution is 2.17. The summed E-state index contributed by atoms with van der Waals surface area (Å²) in [5, 5.41) is 23.3. The second-order valence-electron chi connectivity index (χ2n) is 16.5. The highest BCUT2D eigenvalue weighted by molar-refractivity contribution is 5.76. The van der Waals surface area contributed by atoms with E-state index in [-0.39, 0.29) is 12.5 Å². The summed E-state index contributed by atoms with van der Waals surface area (Å²) in [7, 11) is 0. The average Bonchev–Trinajstić information content (AvgIpc) is 3.16. The van der Waals surface area contributed by atoms with Crippen LogP contribution in [0, 0.1) is 0 Å². The summed E-state index contributed by atoms with van der Waals surface area (Å²) in [6.07, 6.45) is 58.4. The van der Waals surface area contributed by atoms with Crippen LogP contribution >= 0.6 is 0 Å². The first-order valence-corrected chi connectivity index (χ1v) is 24.0. The second-order valence-corrected chi connectivity index (χ2v) is 16.5. The van der Waals surface area contributed by atoms with E-state index in [1.807, 2.05) is 0 Å². The van der Waals surface area contributed by atoms with Crippen molar-refractivity contribution in [1.82, 2.24) is 5.32 Å². The number of allylic oxidation sites excluding steroid dienone is 4. The first-order valence-electron chi connectivity index (χ1n) is 24.0. The molecule has 2 unspecified atom stereocenters. The predicted octanol–water partition coefficient (Wildman–Crippen LogP) is 15.2. The summed E-state index contributed by atoms with van der Waals surface area (Å²) in [5.74, 6) is -0.0288. The van der Waals surface area contributed by atoms with Gasteiger partial charge in [0.2, 0.25) is 5.91 Å². The topological polar surface area (TPSA) is 69.6 Å². The zero-order valence-corrected chi connectivity index (χ0v) is 36.1. The maximum Gasteiger partial charge on any atom is 0.220 e. The Kier molecular flexibility index (Phi) is 44.3. The van der Waals surface area contributed by atoms with Crippen molar-refractivity contribution in [2.45, 2.75) is 276 Å². The summed E-state index contributed by atoms with van der Waals surface area (Å²) >= 11 is 0. The third kappa shape index (κ3) is 41.9. The standard InChI is InChI=1S/C49H95NO3/c1-3-5-7-9-11-13-15-17-19-21-23-25-27-29-31-33-35-37-39-41-43-45-49(53)50-47(46-51)48(52)44-42-40-38-36-34-32-30-28-26-24-22-20-18-16-14-12-10-8-6-4-2/h5,7,11,13,47-48,51-52H,3-4,6,8-10,12,14-46H2,1-2H3,(H,50,53)/b7-5-,13-11-. The highest BCUT2D eigenvalue weighted by atomic mass is 16.3. The molecule has 0 bridgehead atoms. The maximum absolute atomic E-state index is 12.4. The van der Waals surface area contributed by atoms with E-state index in [9.17, 15) is 15.0 Å². The molecule has 1 amide bonds. The van der Waals surface area contributed by atoms with E-state index in [4.69, 9.17) is 0 Å². The molecule has 0 aliphatic heterocycles. The van der Waals surface area contributed by atoms with Crippen molar-refractivity contribution in [2.24, 2.45) is 0 Å². The van der Waals surface area contributed by atoms with Crippen LogP contribution in [0.1, 0.15) is 264 Å². The van der Waals surface area contributed by atoms with E-state index in [0.29, 0.717) is 12.8 Å². The largest absolute Gasteiger partial charge is 0.394 e. The molecule has 0 aliphatic rings. The van der Waals surface area contributed by atoms with Gasteiger partial charge in [0.1, 0.15) is 0 Å². The number of aliphatic hydroxyl groups is 2. The average molecular weight is 746 g/mol. The van der Waals surface area contributed by atoms with E-state index in [1.165, 1.54) is 199 Å². The zero-order chi connectivity index (χ0) is 38.6. The normalized spacial score (nSPS) is 13.1. The molecule has 314 valence electrons. The summed E-state index contributed by atoms with van der Waals surface area (Å²) in [5.41, 5.74) is 0. The maximum atomic E-state index is 12.4. The fourth-order valence-electron chi connectivity index (χ4n) is 7.58. The highest BCUT2D eigenvalue weighted by Gasteiger charge is 2.20. The Hall–Kier alpha value is -1.13. The Bertz CT molecular complexity index is 765. The van der Waals surface area contributed by atoms with Crippen LogP contribution in [-0.2, 0) is 4.79 Å². The lowest BCUT2D eigenvalue weighted by Gasteiger charge is -2.22. The Labute approximate surface area is 332 Å². The number of nitrogens with one attached hydrogen (secondary N) is 1. The van der Waals surface area contributed by atoms with Gasteiger partial charge in [-0.2, -0.15) is 0 Å². The van der Waals surface area contributed by atoms with Gasteiger partial charge in [-0.15, -0.1) is 0 Å². The van der Waals surface area contributed by atoms with Gasteiger partial charge in [0.25, 0.3) is 0 Å². The second kappa shape index (κ2) is 45.3. The van der Waals surface area contributed by atoms with Gasteiger partial charge in [-0.1, -0.05) is 244 Å². The lowest BCUT2D eigenvalue weighted by Crippen LogP contribution is -2.45. The van der Waals surface area contributed by atoms with Crippen LogP contribution in [0.2, 0.25) is 0 Å². The number of rotatable bonds is 44. The van der Waals surface area contributed by atoms with Crippen molar-refractivity contribution in [3.63, 3.8) is 0 Å². The number of hydrogen-bond acceptors (Lipinski definition) is 3. The molecule has 0 saturated carbocycles. The van der Waals surface area contributed by atoms with Gasteiger partial charge in [0, 0.05) is 6.42 Å². The van der Waals surface area contributed by atoms with Crippen molar-refractivity contribution in [3.05, 3.63) is 24.3 Å². The van der Waals surface area contributed by atoms with Gasteiger partial charge in [0.15, 0.2) is 0 Å². The van der Waals surface area contributed by atoms with Crippen LogP contribution in [0.3, 0.4) is 0 Å². The summed E-state index contributed by atoms with van der Waals surface area (Å²) in [4.78, 5) is 12.4. The zero-order valence-electron chi connectivity index (χ0n) is 36.1. The summed E-state index contributed by atoms with van der Waals surface area (Å²) < 4.78 is 0. The fourth-order valence-corrected chi connectivity index (χ4v) is 7.58.